The maximum atomic E-state index is 13.0. The van der Waals surface area contributed by atoms with Crippen molar-refractivity contribution < 1.29 is 38.8 Å². The average molecular weight is 602 g/mol. The number of rotatable bonds is 19. The first-order chi connectivity index (χ1) is 21.4. The zero-order chi connectivity index (χ0) is 31.1. The van der Waals surface area contributed by atoms with Gasteiger partial charge in [0.05, 0.1) is 6.61 Å². The molecule has 0 bridgehead atoms. The molecule has 3 N–H and O–H groups in total. The number of hydrogen-bond donors (Lipinski definition) is 3. The van der Waals surface area contributed by atoms with Crippen LogP contribution >= 0.6 is 0 Å². The smallest absolute Gasteiger partial charge is 0.336 e. The molecule has 9 nitrogen and oxygen atoms in total. The molecular formula is C35H39NO8. The molecule has 2 unspecified atom stereocenters. The highest BCUT2D eigenvalue weighted by molar-refractivity contribution is 5.88. The molecule has 0 spiro atoms. The number of fused-ring (bicyclic) bond motifs is 2. The summed E-state index contributed by atoms with van der Waals surface area (Å²) in [5.74, 6) is -2.72. The quantitative estimate of drug-likeness (QED) is 0.118. The van der Waals surface area contributed by atoms with Crippen LogP contribution < -0.4 is 10.1 Å². The summed E-state index contributed by atoms with van der Waals surface area (Å²) < 4.78 is 16.5. The van der Waals surface area contributed by atoms with Crippen molar-refractivity contribution in [2.24, 2.45) is 0 Å². The topological polar surface area (TPSA) is 131 Å². The largest absolute Gasteiger partial charge is 0.494 e. The van der Waals surface area contributed by atoms with Crippen LogP contribution in [0.2, 0.25) is 0 Å². The number of hydrogen-bond acceptors (Lipinski definition) is 6. The number of benzene rings is 4. The first-order valence-electron chi connectivity index (χ1n) is 15.0. The van der Waals surface area contributed by atoms with Gasteiger partial charge in [0.25, 0.3) is 5.91 Å². The van der Waals surface area contributed by atoms with E-state index in [9.17, 15) is 19.5 Å². The van der Waals surface area contributed by atoms with Crippen molar-refractivity contribution in [1.82, 2.24) is 5.32 Å². The van der Waals surface area contributed by atoms with Crippen LogP contribution in [-0.4, -0.2) is 66.6 Å². The molecule has 0 fully saturated rings. The third kappa shape index (κ3) is 10.1. The van der Waals surface area contributed by atoms with Crippen molar-refractivity contribution in [3.8, 4) is 5.75 Å². The Morgan fingerprint density at radius 3 is 2.02 bits per heavy atom. The molecular weight excluding hydrogens is 562 g/mol. The molecule has 0 aromatic heterocycles. The van der Waals surface area contributed by atoms with E-state index < -0.39 is 36.7 Å². The minimum absolute atomic E-state index is 0.0745. The first-order valence-corrected chi connectivity index (χ1v) is 15.0. The SMILES string of the molecule is O=C(O)COC(C(=O)O)C(OCCCCOc1ccc2ccccc2c1)C(=O)NCCCCCc1ccc2ccccc2c1. The van der Waals surface area contributed by atoms with Gasteiger partial charge in [-0.25, -0.2) is 9.59 Å². The summed E-state index contributed by atoms with van der Waals surface area (Å²) in [4.78, 5) is 35.9. The van der Waals surface area contributed by atoms with Gasteiger partial charge in [-0.2, -0.15) is 0 Å². The summed E-state index contributed by atoms with van der Waals surface area (Å²) >= 11 is 0. The fourth-order valence-corrected chi connectivity index (χ4v) is 4.95. The number of aryl methyl sites for hydroxylation is 1. The molecule has 0 aliphatic rings. The summed E-state index contributed by atoms with van der Waals surface area (Å²) in [5, 5.41) is 26.0. The van der Waals surface area contributed by atoms with E-state index in [0.29, 0.717) is 32.4 Å². The average Bonchev–Trinajstić information content (AvgIpc) is 3.02. The Balaban J connectivity index is 1.20. The summed E-state index contributed by atoms with van der Waals surface area (Å²) in [6.07, 6.45) is 1.27. The number of nitrogens with one attached hydrogen (secondary N) is 1. The Morgan fingerprint density at radius 2 is 1.32 bits per heavy atom. The van der Waals surface area contributed by atoms with Gasteiger partial charge in [0.2, 0.25) is 0 Å². The van der Waals surface area contributed by atoms with E-state index >= 15 is 0 Å². The van der Waals surface area contributed by atoms with E-state index in [1.807, 2.05) is 54.6 Å². The van der Waals surface area contributed by atoms with Gasteiger partial charge >= 0.3 is 11.9 Å². The fourth-order valence-electron chi connectivity index (χ4n) is 4.95. The third-order valence-electron chi connectivity index (χ3n) is 7.24. The van der Waals surface area contributed by atoms with Crippen molar-refractivity contribution >= 4 is 39.4 Å². The second-order valence-electron chi connectivity index (χ2n) is 10.6. The zero-order valence-electron chi connectivity index (χ0n) is 24.7. The summed E-state index contributed by atoms with van der Waals surface area (Å²) in [6, 6.07) is 28.5. The molecule has 0 saturated heterocycles. The van der Waals surface area contributed by atoms with Crippen LogP contribution in [0.1, 0.15) is 37.7 Å². The Kier molecular flexibility index (Phi) is 12.5. The van der Waals surface area contributed by atoms with Gasteiger partial charge < -0.3 is 29.7 Å². The number of ether oxygens (including phenoxy) is 3. The highest BCUT2D eigenvalue weighted by Gasteiger charge is 2.36. The molecule has 4 rings (SSSR count). The van der Waals surface area contributed by atoms with Crippen LogP contribution in [0, 0.1) is 0 Å². The Labute approximate surface area is 256 Å². The minimum Gasteiger partial charge on any atom is -0.494 e. The molecule has 4 aromatic rings. The summed E-state index contributed by atoms with van der Waals surface area (Å²) in [7, 11) is 0. The molecule has 0 radical (unpaired) electrons. The Bertz CT molecular complexity index is 1540. The number of aliphatic carboxylic acids is 2. The van der Waals surface area contributed by atoms with Crippen molar-refractivity contribution in [2.45, 2.75) is 50.7 Å². The lowest BCUT2D eigenvalue weighted by atomic mass is 10.0. The number of unbranched alkanes of at least 4 members (excludes halogenated alkanes) is 3. The molecule has 0 aliphatic carbocycles. The lowest BCUT2D eigenvalue weighted by molar-refractivity contribution is -0.172. The van der Waals surface area contributed by atoms with Gasteiger partial charge in [-0.1, -0.05) is 79.2 Å². The van der Waals surface area contributed by atoms with E-state index in [-0.39, 0.29) is 6.61 Å². The standard InChI is InChI=1S/C35H39NO8/c37-31(38)24-44-33(35(40)41)32(43-21-9-8-20-42-30-18-17-27-12-4-6-14-29(27)23-30)34(39)36-19-7-1-2-10-25-15-16-26-11-3-5-13-28(26)22-25/h3-6,11-18,22-23,32-33H,1-2,7-10,19-21,24H2,(H,36,39)(H,37,38)(H,40,41). The van der Waals surface area contributed by atoms with Crippen LogP contribution in [0.3, 0.4) is 0 Å². The molecule has 4 aromatic carbocycles. The predicted molar refractivity (Wildman–Crippen MR) is 168 cm³/mol. The molecule has 232 valence electrons. The molecule has 44 heavy (non-hydrogen) atoms. The van der Waals surface area contributed by atoms with Crippen molar-refractivity contribution in [1.29, 1.82) is 0 Å². The van der Waals surface area contributed by atoms with E-state index in [4.69, 9.17) is 19.3 Å². The number of carboxylic acid groups (broad SMARTS) is 2. The van der Waals surface area contributed by atoms with Gasteiger partial charge in [-0.3, -0.25) is 4.79 Å². The Hall–Kier alpha value is -4.47. The second-order valence-corrected chi connectivity index (χ2v) is 10.6. The van der Waals surface area contributed by atoms with Crippen molar-refractivity contribution in [3.05, 3.63) is 90.5 Å². The zero-order valence-corrected chi connectivity index (χ0v) is 24.7. The van der Waals surface area contributed by atoms with E-state index in [1.54, 1.807) is 0 Å². The molecule has 0 saturated carbocycles. The van der Waals surface area contributed by atoms with E-state index in [0.717, 1.165) is 35.8 Å². The van der Waals surface area contributed by atoms with Crippen molar-refractivity contribution in [2.75, 3.05) is 26.4 Å². The van der Waals surface area contributed by atoms with E-state index in [1.165, 1.54) is 16.3 Å². The van der Waals surface area contributed by atoms with Crippen LogP contribution in [0.15, 0.2) is 84.9 Å². The van der Waals surface area contributed by atoms with Crippen LogP contribution in [0.25, 0.3) is 21.5 Å². The maximum absolute atomic E-state index is 13.0. The number of carbonyl (C=O) groups is 3. The van der Waals surface area contributed by atoms with Gasteiger partial charge in [0.15, 0.2) is 12.2 Å². The van der Waals surface area contributed by atoms with Crippen LogP contribution in [0.4, 0.5) is 0 Å². The molecule has 1 amide bonds. The number of amides is 1. The molecule has 9 heteroatoms. The van der Waals surface area contributed by atoms with Gasteiger partial charge in [0.1, 0.15) is 12.4 Å². The summed E-state index contributed by atoms with van der Waals surface area (Å²) in [5.41, 5.74) is 1.25. The predicted octanol–water partition coefficient (Wildman–Crippen LogP) is 5.62. The molecule has 0 heterocycles. The minimum atomic E-state index is -1.76. The maximum Gasteiger partial charge on any atom is 0.336 e. The molecule has 2 atom stereocenters. The lowest BCUT2D eigenvalue weighted by Crippen LogP contribution is -2.49. The Morgan fingerprint density at radius 1 is 0.659 bits per heavy atom. The normalized spacial score (nSPS) is 12.5. The lowest BCUT2D eigenvalue weighted by Gasteiger charge is -2.23. The van der Waals surface area contributed by atoms with Crippen molar-refractivity contribution in [3.63, 3.8) is 0 Å². The first kappa shape index (κ1) is 32.4. The monoisotopic (exact) mass is 601 g/mol. The third-order valence-corrected chi connectivity index (χ3v) is 7.24. The van der Waals surface area contributed by atoms with E-state index in [2.05, 4.69) is 35.6 Å². The second kappa shape index (κ2) is 17.0. The number of carbonyl (C=O) groups excluding carboxylic acids is 1. The van der Waals surface area contributed by atoms with Crippen LogP contribution in [-0.2, 0) is 30.3 Å². The van der Waals surface area contributed by atoms with Gasteiger partial charge in [0, 0.05) is 13.2 Å². The fraction of sp³-hybridized carbons (Fsp3) is 0.343. The van der Waals surface area contributed by atoms with Gasteiger partial charge in [-0.05, 0) is 71.3 Å². The number of carboxylic acids is 2. The summed E-state index contributed by atoms with van der Waals surface area (Å²) in [6.45, 7) is -0.0411. The van der Waals surface area contributed by atoms with Crippen LogP contribution in [0.5, 0.6) is 5.75 Å². The highest BCUT2D eigenvalue weighted by atomic mass is 16.6. The molecule has 0 aliphatic heterocycles. The van der Waals surface area contributed by atoms with Gasteiger partial charge in [-0.15, -0.1) is 0 Å². The highest BCUT2D eigenvalue weighted by Crippen LogP contribution is 2.21.